The first-order chi connectivity index (χ1) is 8.19. The highest BCUT2D eigenvalue weighted by Crippen LogP contribution is 2.17. The van der Waals surface area contributed by atoms with E-state index in [1.807, 2.05) is 6.92 Å². The Bertz CT molecular complexity index is 380. The Hall–Kier alpha value is -1.40. The second-order valence-electron chi connectivity index (χ2n) is 4.62. The van der Waals surface area contributed by atoms with Gasteiger partial charge in [-0.1, -0.05) is 0 Å². The van der Waals surface area contributed by atoms with Crippen LogP contribution in [0.15, 0.2) is 6.20 Å². The van der Waals surface area contributed by atoms with Crippen LogP contribution in [0.25, 0.3) is 0 Å². The van der Waals surface area contributed by atoms with Crippen LogP contribution in [0.4, 0.5) is 11.8 Å². The number of hydrogen-bond donors (Lipinski definition) is 3. The maximum Gasteiger partial charge on any atom is 0.239 e. The van der Waals surface area contributed by atoms with Crippen LogP contribution in [0.5, 0.6) is 0 Å². The number of likely N-dealkylation sites (N-methyl/N-ethyl adjacent to an activating group) is 1. The largest absolute Gasteiger partial charge is 0.366 e. The molecule has 0 bridgehead atoms. The molecular weight excluding hydrogens is 216 g/mol. The summed E-state index contributed by atoms with van der Waals surface area (Å²) < 4.78 is 0. The van der Waals surface area contributed by atoms with E-state index < -0.39 is 0 Å². The molecule has 1 unspecified atom stereocenters. The van der Waals surface area contributed by atoms with Crippen molar-refractivity contribution in [3.05, 3.63) is 11.8 Å². The topological polar surface area (TPSA) is 79.1 Å². The number of nitrogens with one attached hydrogen (secondary N) is 2. The van der Waals surface area contributed by atoms with Crippen LogP contribution in [-0.2, 0) is 0 Å². The minimum absolute atomic E-state index is 0.447. The van der Waals surface area contributed by atoms with Gasteiger partial charge in [0.1, 0.15) is 5.82 Å². The molecule has 17 heavy (non-hydrogen) atoms. The molecule has 1 aromatic rings. The molecule has 6 nitrogen and oxygen atoms in total. The van der Waals surface area contributed by atoms with Gasteiger partial charge in [0.15, 0.2) is 0 Å². The molecule has 2 heterocycles. The Balaban J connectivity index is 2.06. The lowest BCUT2D eigenvalue weighted by molar-refractivity contribution is 0.260. The van der Waals surface area contributed by atoms with Crippen molar-refractivity contribution < 1.29 is 0 Å². The molecule has 0 aromatic carbocycles. The number of nitrogens with zero attached hydrogens (tertiary/aromatic N) is 3. The van der Waals surface area contributed by atoms with Crippen LogP contribution in [-0.4, -0.2) is 41.0 Å². The summed E-state index contributed by atoms with van der Waals surface area (Å²) in [6.45, 7) is 4.22. The quantitative estimate of drug-likeness (QED) is 0.526. The van der Waals surface area contributed by atoms with Crippen LogP contribution in [0, 0.1) is 6.92 Å². The number of nitrogen functional groups attached to an aromatic ring is 1. The van der Waals surface area contributed by atoms with Crippen LogP contribution in [0.1, 0.15) is 18.4 Å². The maximum absolute atomic E-state index is 5.31. The number of aromatic nitrogens is 2. The Morgan fingerprint density at radius 1 is 1.53 bits per heavy atom. The Morgan fingerprint density at radius 3 is 3.06 bits per heavy atom. The molecule has 94 valence electrons. The summed E-state index contributed by atoms with van der Waals surface area (Å²) in [5.74, 6) is 6.63. The van der Waals surface area contributed by atoms with Crippen molar-refractivity contribution in [2.45, 2.75) is 25.8 Å². The smallest absolute Gasteiger partial charge is 0.239 e. The first-order valence-corrected chi connectivity index (χ1v) is 5.94. The Labute approximate surface area is 102 Å². The third kappa shape index (κ3) is 3.04. The fourth-order valence-corrected chi connectivity index (χ4v) is 2.14. The molecule has 1 saturated heterocycles. The number of nitrogens with two attached hydrogens (primary N) is 1. The van der Waals surface area contributed by atoms with E-state index in [2.05, 4.69) is 32.7 Å². The molecule has 1 atom stereocenters. The van der Waals surface area contributed by atoms with Gasteiger partial charge in [-0.3, -0.25) is 5.43 Å². The maximum atomic E-state index is 5.31. The normalized spacial score (nSPS) is 21.2. The van der Waals surface area contributed by atoms with Gasteiger partial charge in [0.05, 0.1) is 0 Å². The highest BCUT2D eigenvalue weighted by molar-refractivity contribution is 5.46. The van der Waals surface area contributed by atoms with Crippen molar-refractivity contribution in [3.63, 3.8) is 0 Å². The van der Waals surface area contributed by atoms with Gasteiger partial charge < -0.3 is 10.2 Å². The van der Waals surface area contributed by atoms with E-state index in [4.69, 9.17) is 5.84 Å². The van der Waals surface area contributed by atoms with E-state index in [9.17, 15) is 0 Å². The summed E-state index contributed by atoms with van der Waals surface area (Å²) in [4.78, 5) is 10.7. The number of likely N-dealkylation sites (tertiary alicyclic amines) is 1. The third-order valence-electron chi connectivity index (χ3n) is 3.07. The third-order valence-corrected chi connectivity index (χ3v) is 3.07. The zero-order valence-electron chi connectivity index (χ0n) is 10.4. The summed E-state index contributed by atoms with van der Waals surface area (Å²) in [5, 5.41) is 3.47. The lowest BCUT2D eigenvalue weighted by Gasteiger charge is -2.30. The summed E-state index contributed by atoms with van der Waals surface area (Å²) >= 11 is 0. The SMILES string of the molecule is Cc1cnc(NN)nc1NC1CCCN(C)C1. The number of hydrogen-bond acceptors (Lipinski definition) is 6. The van der Waals surface area contributed by atoms with E-state index in [0.717, 1.165) is 17.9 Å². The van der Waals surface area contributed by atoms with Gasteiger partial charge in [-0.2, -0.15) is 4.98 Å². The van der Waals surface area contributed by atoms with E-state index in [1.165, 1.54) is 19.4 Å². The average Bonchev–Trinajstić information content (AvgIpc) is 2.32. The van der Waals surface area contributed by atoms with Gasteiger partial charge in [0, 0.05) is 24.3 Å². The van der Waals surface area contributed by atoms with Gasteiger partial charge in [0.25, 0.3) is 0 Å². The number of aryl methyl sites for hydroxylation is 1. The zero-order valence-corrected chi connectivity index (χ0v) is 10.4. The second-order valence-corrected chi connectivity index (χ2v) is 4.62. The van der Waals surface area contributed by atoms with Crippen molar-refractivity contribution in [1.29, 1.82) is 0 Å². The predicted octanol–water partition coefficient (Wildman–Crippen LogP) is 0.577. The minimum Gasteiger partial charge on any atom is -0.366 e. The summed E-state index contributed by atoms with van der Waals surface area (Å²) in [6, 6.07) is 0.452. The van der Waals surface area contributed by atoms with Crippen molar-refractivity contribution in [3.8, 4) is 0 Å². The van der Waals surface area contributed by atoms with Crippen LogP contribution >= 0.6 is 0 Å². The first-order valence-electron chi connectivity index (χ1n) is 5.94. The molecule has 4 N–H and O–H groups in total. The monoisotopic (exact) mass is 236 g/mol. The molecule has 6 heteroatoms. The molecule has 1 fully saturated rings. The molecule has 2 rings (SSSR count). The Kier molecular flexibility index (Phi) is 3.75. The molecule has 1 aliphatic rings. The number of hydrazine groups is 1. The highest BCUT2D eigenvalue weighted by atomic mass is 15.3. The van der Waals surface area contributed by atoms with Crippen molar-refractivity contribution in [2.75, 3.05) is 30.9 Å². The van der Waals surface area contributed by atoms with Gasteiger partial charge >= 0.3 is 0 Å². The van der Waals surface area contributed by atoms with Crippen molar-refractivity contribution in [2.24, 2.45) is 5.84 Å². The molecule has 0 radical (unpaired) electrons. The second kappa shape index (κ2) is 5.29. The lowest BCUT2D eigenvalue weighted by atomic mass is 10.1. The molecule has 1 aliphatic heterocycles. The number of rotatable bonds is 3. The van der Waals surface area contributed by atoms with Gasteiger partial charge in [-0.15, -0.1) is 0 Å². The predicted molar refractivity (Wildman–Crippen MR) is 68.7 cm³/mol. The minimum atomic E-state index is 0.447. The van der Waals surface area contributed by atoms with Crippen LogP contribution in [0.3, 0.4) is 0 Å². The van der Waals surface area contributed by atoms with Crippen LogP contribution in [0.2, 0.25) is 0 Å². The molecule has 0 spiro atoms. The molecular formula is C11H20N6. The summed E-state index contributed by atoms with van der Waals surface area (Å²) in [6.07, 6.45) is 4.18. The van der Waals surface area contributed by atoms with Crippen molar-refractivity contribution >= 4 is 11.8 Å². The standard InChI is InChI=1S/C11H20N6/c1-8-6-13-11(16-12)15-10(8)14-9-4-3-5-17(2)7-9/h6,9H,3-5,7,12H2,1-2H3,(H2,13,14,15,16). The van der Waals surface area contributed by atoms with Gasteiger partial charge in [0.2, 0.25) is 5.95 Å². The van der Waals surface area contributed by atoms with Crippen LogP contribution < -0.4 is 16.6 Å². The van der Waals surface area contributed by atoms with E-state index in [1.54, 1.807) is 6.20 Å². The van der Waals surface area contributed by atoms with Gasteiger partial charge in [-0.25, -0.2) is 10.8 Å². The van der Waals surface area contributed by atoms with E-state index >= 15 is 0 Å². The number of piperidine rings is 1. The fraction of sp³-hybridized carbons (Fsp3) is 0.636. The average molecular weight is 236 g/mol. The first kappa shape index (κ1) is 12.1. The summed E-state index contributed by atoms with van der Waals surface area (Å²) in [7, 11) is 2.15. The molecule has 1 aromatic heterocycles. The van der Waals surface area contributed by atoms with Gasteiger partial charge in [-0.05, 0) is 33.4 Å². The lowest BCUT2D eigenvalue weighted by Crippen LogP contribution is -2.40. The zero-order chi connectivity index (χ0) is 12.3. The summed E-state index contributed by atoms with van der Waals surface area (Å²) in [5.41, 5.74) is 3.51. The van der Waals surface area contributed by atoms with E-state index in [0.29, 0.717) is 12.0 Å². The van der Waals surface area contributed by atoms with E-state index in [-0.39, 0.29) is 0 Å². The molecule has 0 amide bonds. The molecule has 0 aliphatic carbocycles. The number of anilines is 2. The van der Waals surface area contributed by atoms with Crippen molar-refractivity contribution in [1.82, 2.24) is 14.9 Å². The fourth-order valence-electron chi connectivity index (χ4n) is 2.14. The highest BCUT2D eigenvalue weighted by Gasteiger charge is 2.18. The molecule has 0 saturated carbocycles. The Morgan fingerprint density at radius 2 is 2.35 bits per heavy atom.